The zero-order chi connectivity index (χ0) is 15.2. The fraction of sp³-hybridized carbons (Fsp3) is 0.583. The highest BCUT2D eigenvalue weighted by atomic mass is 79.9. The molecule has 0 saturated carbocycles. The molecule has 0 spiro atoms. The van der Waals surface area contributed by atoms with Gasteiger partial charge < -0.3 is 14.0 Å². The lowest BCUT2D eigenvalue weighted by Gasteiger charge is -2.17. The Kier molecular flexibility index (Phi) is 6.04. The monoisotopic (exact) mass is 424 g/mol. The van der Waals surface area contributed by atoms with Crippen LogP contribution < -0.4 is 4.90 Å². The quantitative estimate of drug-likeness (QED) is 0.674. The van der Waals surface area contributed by atoms with E-state index in [1.54, 1.807) is 0 Å². The second kappa shape index (κ2) is 7.79. The van der Waals surface area contributed by atoms with Crippen molar-refractivity contribution in [1.82, 2.24) is 5.16 Å². The van der Waals surface area contributed by atoms with Crippen LogP contribution >= 0.6 is 31.9 Å². The van der Waals surface area contributed by atoms with Crippen LogP contribution in [-0.4, -0.2) is 41.2 Å². The maximum Gasteiger partial charge on any atom is 0.426 e. The van der Waals surface area contributed by atoms with Gasteiger partial charge in [-0.15, -0.1) is 4.90 Å². The average molecular weight is 426 g/mol. The molecule has 0 radical (unpaired) electrons. The molecule has 0 fully saturated rings. The van der Waals surface area contributed by atoms with Crippen LogP contribution in [0.25, 0.3) is 0 Å². The molecule has 1 aromatic rings. The summed E-state index contributed by atoms with van der Waals surface area (Å²) >= 11 is 6.30. The molecule has 7 nitrogen and oxygen atoms in total. The number of fused-ring (bicyclic) bond motifs is 1. The van der Waals surface area contributed by atoms with Crippen LogP contribution in [0.4, 0.5) is 15.5 Å². The van der Waals surface area contributed by atoms with Gasteiger partial charge in [0.15, 0.2) is 0 Å². The largest absolute Gasteiger partial charge is 0.448 e. The van der Waals surface area contributed by atoms with Crippen molar-refractivity contribution < 1.29 is 23.6 Å². The van der Waals surface area contributed by atoms with E-state index in [0.717, 1.165) is 29.0 Å². The van der Waals surface area contributed by atoms with Crippen LogP contribution in [0.2, 0.25) is 0 Å². The first kappa shape index (κ1) is 16.3. The second-order valence-corrected chi connectivity index (χ2v) is 5.79. The number of hydrogen-bond acceptors (Lipinski definition) is 6. The van der Waals surface area contributed by atoms with Gasteiger partial charge in [-0.1, -0.05) is 37.0 Å². The van der Waals surface area contributed by atoms with Crippen LogP contribution in [0.15, 0.2) is 4.52 Å². The van der Waals surface area contributed by atoms with E-state index in [4.69, 9.17) is 14.0 Å². The lowest BCUT2D eigenvalue weighted by Crippen LogP contribution is -2.38. The molecule has 2 amide bonds. The van der Waals surface area contributed by atoms with Crippen LogP contribution in [0.1, 0.15) is 17.7 Å². The van der Waals surface area contributed by atoms with E-state index in [0.29, 0.717) is 17.1 Å². The van der Waals surface area contributed by atoms with Gasteiger partial charge in [-0.2, -0.15) is 0 Å². The molecule has 0 aliphatic heterocycles. The molecular weight excluding hydrogens is 412 g/mol. The zero-order valence-corrected chi connectivity index (χ0v) is 14.3. The zero-order valence-electron chi connectivity index (χ0n) is 11.1. The lowest BCUT2D eigenvalue weighted by atomic mass is 10.2. The van der Waals surface area contributed by atoms with Crippen molar-refractivity contribution in [1.29, 1.82) is 0 Å². The Morgan fingerprint density at radius 3 is 2.33 bits per heavy atom. The minimum Gasteiger partial charge on any atom is -0.448 e. The Morgan fingerprint density at radius 1 is 1.14 bits per heavy atom. The molecule has 0 aromatic carbocycles. The minimum absolute atomic E-state index is 0.0987. The van der Waals surface area contributed by atoms with E-state index in [1.165, 1.54) is 0 Å². The Hall–Kier alpha value is -1.09. The molecule has 1 aliphatic carbocycles. The highest BCUT2D eigenvalue weighted by molar-refractivity contribution is 9.09. The van der Waals surface area contributed by atoms with E-state index >= 15 is 0 Å². The summed E-state index contributed by atoms with van der Waals surface area (Å²) in [6, 6.07) is 0. The summed E-state index contributed by atoms with van der Waals surface area (Å²) in [6.45, 7) is 0.273. The Balaban J connectivity index is 2.22. The predicted molar refractivity (Wildman–Crippen MR) is 81.3 cm³/mol. The number of aromatic nitrogens is 1. The third-order valence-corrected chi connectivity index (χ3v) is 3.51. The number of carbonyl (C=O) groups excluding carboxylic acids is 2. The Morgan fingerprint density at radius 2 is 1.76 bits per heavy atom. The van der Waals surface area contributed by atoms with Crippen molar-refractivity contribution in [3.63, 3.8) is 0 Å². The fourth-order valence-electron chi connectivity index (χ4n) is 2.01. The molecule has 0 bridgehead atoms. The summed E-state index contributed by atoms with van der Waals surface area (Å²) in [6.07, 6.45) is 0.739. The van der Waals surface area contributed by atoms with E-state index < -0.39 is 12.2 Å². The van der Waals surface area contributed by atoms with Crippen LogP contribution in [-0.2, 0) is 22.3 Å². The molecule has 0 atom stereocenters. The highest BCUT2D eigenvalue weighted by Gasteiger charge is 2.35. The van der Waals surface area contributed by atoms with Crippen molar-refractivity contribution >= 4 is 49.9 Å². The number of halogens is 2. The highest BCUT2D eigenvalue weighted by Crippen LogP contribution is 2.32. The molecule has 0 N–H and O–H groups in total. The van der Waals surface area contributed by atoms with Crippen molar-refractivity contribution in [3.8, 4) is 0 Å². The third kappa shape index (κ3) is 3.76. The number of hydrogen-bond donors (Lipinski definition) is 0. The van der Waals surface area contributed by atoms with Crippen molar-refractivity contribution in [2.45, 2.75) is 19.3 Å². The lowest BCUT2D eigenvalue weighted by molar-refractivity contribution is 0.139. The van der Waals surface area contributed by atoms with Gasteiger partial charge in [-0.3, -0.25) is 0 Å². The number of nitrogens with zero attached hydrogens (tertiary/aromatic N) is 2. The summed E-state index contributed by atoms with van der Waals surface area (Å²) in [5, 5.41) is 4.83. The molecule has 1 aliphatic rings. The fourth-order valence-corrected chi connectivity index (χ4v) is 2.33. The number of aryl methyl sites for hydroxylation is 1. The molecule has 2 rings (SSSR count). The van der Waals surface area contributed by atoms with Crippen molar-refractivity contribution in [2.75, 3.05) is 28.8 Å². The maximum atomic E-state index is 12.1. The van der Waals surface area contributed by atoms with Gasteiger partial charge in [0.2, 0.25) is 5.88 Å². The number of rotatable bonds is 5. The molecule has 1 aromatic heterocycles. The molecule has 0 saturated heterocycles. The predicted octanol–water partition coefficient (Wildman–Crippen LogP) is 3.03. The van der Waals surface area contributed by atoms with Gasteiger partial charge in [-0.25, -0.2) is 9.59 Å². The van der Waals surface area contributed by atoms with Crippen LogP contribution in [0.5, 0.6) is 0 Å². The van der Waals surface area contributed by atoms with E-state index in [2.05, 4.69) is 37.0 Å². The molecule has 116 valence electrons. The number of imide groups is 1. The Labute approximate surface area is 138 Å². The standard InChI is InChI=1S/C12H14Br2N2O5/c13-4-6-19-11(17)16(12(18)20-7-5-14)10-8-2-1-3-9(8)15-21-10/h1-7H2. The van der Waals surface area contributed by atoms with E-state index in [-0.39, 0.29) is 19.1 Å². The normalized spacial score (nSPS) is 12.9. The summed E-state index contributed by atoms with van der Waals surface area (Å²) < 4.78 is 15.1. The third-order valence-electron chi connectivity index (χ3n) is 2.86. The first-order chi connectivity index (χ1) is 10.2. The number of ether oxygens (including phenoxy) is 2. The van der Waals surface area contributed by atoms with Gasteiger partial charge >= 0.3 is 12.2 Å². The summed E-state index contributed by atoms with van der Waals surface area (Å²) in [5.74, 6) is 0.0987. The molecule has 21 heavy (non-hydrogen) atoms. The molecule has 1 heterocycles. The number of anilines is 1. The molecular formula is C12H14Br2N2O5. The second-order valence-electron chi connectivity index (χ2n) is 4.21. The van der Waals surface area contributed by atoms with Crippen LogP contribution in [0, 0.1) is 0 Å². The van der Waals surface area contributed by atoms with E-state index in [9.17, 15) is 9.59 Å². The number of amides is 2. The van der Waals surface area contributed by atoms with Gasteiger partial charge in [0.25, 0.3) is 0 Å². The van der Waals surface area contributed by atoms with Gasteiger partial charge in [0.1, 0.15) is 13.2 Å². The molecule has 0 unspecified atom stereocenters. The topological polar surface area (TPSA) is 81.9 Å². The molecule has 9 heteroatoms. The summed E-state index contributed by atoms with van der Waals surface area (Å²) in [4.78, 5) is 24.9. The first-order valence-corrected chi connectivity index (χ1v) is 8.66. The Bertz CT molecular complexity index is 500. The maximum absolute atomic E-state index is 12.1. The number of alkyl halides is 2. The summed E-state index contributed by atoms with van der Waals surface area (Å²) in [7, 11) is 0. The average Bonchev–Trinajstić information content (AvgIpc) is 3.07. The first-order valence-electron chi connectivity index (χ1n) is 6.42. The van der Waals surface area contributed by atoms with E-state index in [1.807, 2.05) is 0 Å². The van der Waals surface area contributed by atoms with Gasteiger partial charge in [-0.05, 0) is 19.3 Å². The van der Waals surface area contributed by atoms with Crippen molar-refractivity contribution in [3.05, 3.63) is 11.3 Å². The van der Waals surface area contributed by atoms with Gasteiger partial charge in [0.05, 0.1) is 5.69 Å². The summed E-state index contributed by atoms with van der Waals surface area (Å²) in [5.41, 5.74) is 1.54. The smallest absolute Gasteiger partial charge is 0.426 e. The van der Waals surface area contributed by atoms with Crippen molar-refractivity contribution in [2.24, 2.45) is 0 Å². The number of carbonyl (C=O) groups is 2. The van der Waals surface area contributed by atoms with Gasteiger partial charge in [0, 0.05) is 16.2 Å². The van der Waals surface area contributed by atoms with Crippen LogP contribution in [0.3, 0.4) is 0 Å². The minimum atomic E-state index is -0.833. The SMILES string of the molecule is O=C(OCCBr)N(C(=O)OCCBr)c1onc2c1CCC2.